The van der Waals surface area contributed by atoms with E-state index in [1.54, 1.807) is 6.92 Å². The van der Waals surface area contributed by atoms with E-state index in [-0.39, 0.29) is 6.61 Å². The van der Waals surface area contributed by atoms with Crippen molar-refractivity contribution in [2.24, 2.45) is 5.73 Å². The Hall–Kier alpha value is -1.67. The van der Waals surface area contributed by atoms with Crippen LogP contribution < -0.4 is 5.73 Å². The Kier molecular flexibility index (Phi) is 5.07. The molecule has 0 saturated carbocycles. The number of esters is 3. The number of ether oxygens (including phenoxy) is 4. The Bertz CT molecular complexity index is 411. The molecule has 1 aliphatic heterocycles. The van der Waals surface area contributed by atoms with Crippen LogP contribution in [0.5, 0.6) is 0 Å². The fourth-order valence-corrected chi connectivity index (χ4v) is 2.01. The molecule has 1 aliphatic rings. The summed E-state index contributed by atoms with van der Waals surface area (Å²) in [7, 11) is 0. The van der Waals surface area contributed by atoms with Gasteiger partial charge in [-0.15, -0.1) is 0 Å². The smallest absolute Gasteiger partial charge is 0.304 e. The van der Waals surface area contributed by atoms with E-state index in [9.17, 15) is 14.4 Å². The summed E-state index contributed by atoms with van der Waals surface area (Å²) in [6, 6.07) is 0. The highest BCUT2D eigenvalue weighted by atomic mass is 16.7. The third-order valence-electron chi connectivity index (χ3n) is 2.74. The monoisotopic (exact) mass is 289 g/mol. The molecule has 1 fully saturated rings. The lowest BCUT2D eigenvalue weighted by molar-refractivity contribution is -0.254. The van der Waals surface area contributed by atoms with Gasteiger partial charge < -0.3 is 18.9 Å². The van der Waals surface area contributed by atoms with Gasteiger partial charge in [0.2, 0.25) is 5.72 Å². The molecule has 1 rings (SSSR count). The van der Waals surface area contributed by atoms with Crippen molar-refractivity contribution in [3.63, 3.8) is 0 Å². The molecule has 1 saturated heterocycles. The van der Waals surface area contributed by atoms with Gasteiger partial charge in [-0.1, -0.05) is 0 Å². The zero-order valence-corrected chi connectivity index (χ0v) is 11.9. The largest absolute Gasteiger partial charge is 0.456 e. The first-order valence-corrected chi connectivity index (χ1v) is 6.10. The van der Waals surface area contributed by atoms with Gasteiger partial charge in [0.25, 0.3) is 0 Å². The van der Waals surface area contributed by atoms with E-state index in [2.05, 4.69) is 0 Å². The predicted octanol–water partition coefficient (Wildman–Crippen LogP) is -0.513. The van der Waals surface area contributed by atoms with E-state index >= 15 is 0 Å². The molecule has 8 heteroatoms. The average Bonchev–Trinajstić information content (AvgIpc) is 2.27. The summed E-state index contributed by atoms with van der Waals surface area (Å²) in [5.74, 6) is -1.89. The Balaban J connectivity index is 3.07. The van der Waals surface area contributed by atoms with Gasteiger partial charge in [0.15, 0.2) is 12.2 Å². The normalized spacial score (nSPS) is 33.1. The number of nitrogens with two attached hydrogens (primary N) is 1. The zero-order valence-electron chi connectivity index (χ0n) is 11.9. The Morgan fingerprint density at radius 3 is 2.10 bits per heavy atom. The molecule has 20 heavy (non-hydrogen) atoms. The van der Waals surface area contributed by atoms with Gasteiger partial charge in [-0.3, -0.25) is 20.1 Å². The van der Waals surface area contributed by atoms with Crippen LogP contribution >= 0.6 is 0 Å². The van der Waals surface area contributed by atoms with Crippen molar-refractivity contribution >= 4 is 17.9 Å². The SMILES string of the molecule is CC(=O)OC1C(C)OCC(N)(OC(C)=O)C1OC(C)=O. The first-order valence-electron chi connectivity index (χ1n) is 6.10. The second-order valence-electron chi connectivity index (χ2n) is 4.67. The van der Waals surface area contributed by atoms with Crippen molar-refractivity contribution in [3.8, 4) is 0 Å². The molecule has 114 valence electrons. The molecule has 2 N–H and O–H groups in total. The summed E-state index contributed by atoms with van der Waals surface area (Å²) in [5, 5.41) is 0. The lowest BCUT2D eigenvalue weighted by Crippen LogP contribution is -2.69. The van der Waals surface area contributed by atoms with Crippen LogP contribution in [0.15, 0.2) is 0 Å². The average molecular weight is 289 g/mol. The van der Waals surface area contributed by atoms with Crippen molar-refractivity contribution in [1.82, 2.24) is 0 Å². The van der Waals surface area contributed by atoms with E-state index in [1.807, 2.05) is 0 Å². The minimum Gasteiger partial charge on any atom is -0.456 e. The van der Waals surface area contributed by atoms with E-state index < -0.39 is 41.9 Å². The summed E-state index contributed by atoms with van der Waals surface area (Å²) in [6.45, 7) is 5.01. The molecule has 4 unspecified atom stereocenters. The lowest BCUT2D eigenvalue weighted by atomic mass is 9.95. The van der Waals surface area contributed by atoms with Gasteiger partial charge in [0.05, 0.1) is 6.10 Å². The summed E-state index contributed by atoms with van der Waals surface area (Å²) in [5.41, 5.74) is 4.24. The van der Waals surface area contributed by atoms with Crippen LogP contribution in [0.3, 0.4) is 0 Å². The fraction of sp³-hybridized carbons (Fsp3) is 0.750. The van der Waals surface area contributed by atoms with Gasteiger partial charge in [0.1, 0.15) is 6.61 Å². The van der Waals surface area contributed by atoms with Gasteiger partial charge in [0, 0.05) is 20.8 Å². The Labute approximate surface area is 116 Å². The summed E-state index contributed by atoms with van der Waals surface area (Å²) < 4.78 is 20.5. The van der Waals surface area contributed by atoms with Crippen LogP contribution in [-0.2, 0) is 33.3 Å². The van der Waals surface area contributed by atoms with Gasteiger partial charge in [-0.2, -0.15) is 0 Å². The van der Waals surface area contributed by atoms with Crippen LogP contribution in [0.1, 0.15) is 27.7 Å². The topological polar surface area (TPSA) is 114 Å². The Morgan fingerprint density at radius 2 is 1.65 bits per heavy atom. The van der Waals surface area contributed by atoms with Crippen LogP contribution in [0.25, 0.3) is 0 Å². The second kappa shape index (κ2) is 6.19. The van der Waals surface area contributed by atoms with Gasteiger partial charge in [-0.25, -0.2) is 0 Å². The first-order chi connectivity index (χ1) is 9.15. The highest BCUT2D eigenvalue weighted by Crippen LogP contribution is 2.28. The lowest BCUT2D eigenvalue weighted by Gasteiger charge is -2.44. The first kappa shape index (κ1) is 16.4. The van der Waals surface area contributed by atoms with Crippen molar-refractivity contribution < 1.29 is 33.3 Å². The molecule has 0 radical (unpaired) electrons. The van der Waals surface area contributed by atoms with E-state index in [0.29, 0.717) is 0 Å². The standard InChI is InChI=1S/C12H19NO7/c1-6-10(18-7(2)14)11(19-8(3)15)12(13,5-17-6)20-9(4)16/h6,10-11H,5,13H2,1-4H3. The van der Waals surface area contributed by atoms with Gasteiger partial charge >= 0.3 is 17.9 Å². The number of hydrogen-bond donors (Lipinski definition) is 1. The highest BCUT2D eigenvalue weighted by Gasteiger charge is 2.53. The predicted molar refractivity (Wildman–Crippen MR) is 65.2 cm³/mol. The van der Waals surface area contributed by atoms with Gasteiger partial charge in [-0.05, 0) is 6.92 Å². The van der Waals surface area contributed by atoms with Crippen LogP contribution in [-0.4, -0.2) is 48.6 Å². The third-order valence-corrected chi connectivity index (χ3v) is 2.74. The summed E-state index contributed by atoms with van der Waals surface area (Å²) >= 11 is 0. The summed E-state index contributed by atoms with van der Waals surface area (Å²) in [6.07, 6.45) is -2.67. The van der Waals surface area contributed by atoms with Crippen molar-refractivity contribution in [2.45, 2.75) is 51.7 Å². The molecule has 0 aromatic rings. The summed E-state index contributed by atoms with van der Waals surface area (Å²) in [4.78, 5) is 33.5. The maximum atomic E-state index is 11.2. The quantitative estimate of drug-likeness (QED) is 0.419. The highest BCUT2D eigenvalue weighted by molar-refractivity contribution is 5.68. The fourth-order valence-electron chi connectivity index (χ4n) is 2.01. The number of hydrogen-bond acceptors (Lipinski definition) is 8. The van der Waals surface area contributed by atoms with Crippen LogP contribution in [0.4, 0.5) is 0 Å². The number of rotatable bonds is 3. The minimum atomic E-state index is -1.70. The van der Waals surface area contributed by atoms with E-state index in [1.165, 1.54) is 13.8 Å². The van der Waals surface area contributed by atoms with Crippen molar-refractivity contribution in [1.29, 1.82) is 0 Å². The minimum absolute atomic E-state index is 0.177. The maximum Gasteiger partial charge on any atom is 0.304 e. The molecule has 8 nitrogen and oxygen atoms in total. The van der Waals surface area contributed by atoms with Crippen LogP contribution in [0.2, 0.25) is 0 Å². The molecule has 0 aromatic heterocycles. The third kappa shape index (κ3) is 3.91. The molecule has 0 aliphatic carbocycles. The molecule has 0 aromatic carbocycles. The molecule has 1 heterocycles. The van der Waals surface area contributed by atoms with Crippen molar-refractivity contribution in [2.75, 3.05) is 6.61 Å². The van der Waals surface area contributed by atoms with Crippen molar-refractivity contribution in [3.05, 3.63) is 0 Å². The maximum absolute atomic E-state index is 11.2. The number of carbonyl (C=O) groups excluding carboxylic acids is 3. The van der Waals surface area contributed by atoms with E-state index in [0.717, 1.165) is 6.92 Å². The number of carbonyl (C=O) groups is 3. The molecule has 4 atom stereocenters. The Morgan fingerprint density at radius 1 is 1.10 bits per heavy atom. The molecular formula is C12H19NO7. The van der Waals surface area contributed by atoms with E-state index in [4.69, 9.17) is 24.7 Å². The van der Waals surface area contributed by atoms with Crippen LogP contribution in [0, 0.1) is 0 Å². The second-order valence-corrected chi connectivity index (χ2v) is 4.67. The molecule has 0 amide bonds. The molecular weight excluding hydrogens is 270 g/mol. The molecule has 0 bridgehead atoms. The molecule has 0 spiro atoms. The zero-order chi connectivity index (χ0) is 15.5.